The SMILES string of the molecule is O=C(CCc1ccccc1O)NCCc1ccc(OCC(=O)NC2CC2)cc1. The maximum Gasteiger partial charge on any atom is 0.258 e. The number of para-hydroxylation sites is 1. The number of phenolic OH excluding ortho intramolecular Hbond substituents is 1. The second-order valence-electron chi connectivity index (χ2n) is 7.00. The number of hydrogen-bond acceptors (Lipinski definition) is 4. The summed E-state index contributed by atoms with van der Waals surface area (Å²) in [7, 11) is 0. The summed E-state index contributed by atoms with van der Waals surface area (Å²) in [4.78, 5) is 23.6. The molecule has 2 aromatic carbocycles. The van der Waals surface area contributed by atoms with Crippen LogP contribution in [-0.2, 0) is 22.4 Å². The highest BCUT2D eigenvalue weighted by molar-refractivity contribution is 5.78. The van der Waals surface area contributed by atoms with Gasteiger partial charge in [0.25, 0.3) is 5.91 Å². The number of hydrogen-bond donors (Lipinski definition) is 3. The third-order valence-corrected chi connectivity index (χ3v) is 4.58. The normalized spacial score (nSPS) is 13.0. The van der Waals surface area contributed by atoms with Gasteiger partial charge in [0.05, 0.1) is 0 Å². The molecule has 0 bridgehead atoms. The minimum Gasteiger partial charge on any atom is -0.508 e. The highest BCUT2D eigenvalue weighted by Crippen LogP contribution is 2.19. The smallest absolute Gasteiger partial charge is 0.258 e. The Morgan fingerprint density at radius 1 is 1.00 bits per heavy atom. The lowest BCUT2D eigenvalue weighted by Crippen LogP contribution is -2.30. The van der Waals surface area contributed by atoms with Crippen LogP contribution < -0.4 is 15.4 Å². The Morgan fingerprint density at radius 2 is 1.75 bits per heavy atom. The van der Waals surface area contributed by atoms with Gasteiger partial charge in [-0.2, -0.15) is 0 Å². The molecule has 3 N–H and O–H groups in total. The number of carbonyl (C=O) groups is 2. The number of carbonyl (C=O) groups excluding carboxylic acids is 2. The van der Waals surface area contributed by atoms with E-state index < -0.39 is 0 Å². The Kier molecular flexibility index (Phi) is 6.89. The minimum atomic E-state index is -0.0851. The number of benzene rings is 2. The third kappa shape index (κ3) is 6.61. The summed E-state index contributed by atoms with van der Waals surface area (Å²) in [6.45, 7) is 0.576. The fourth-order valence-electron chi connectivity index (χ4n) is 2.80. The van der Waals surface area contributed by atoms with Gasteiger partial charge < -0.3 is 20.5 Å². The third-order valence-electron chi connectivity index (χ3n) is 4.58. The molecule has 3 rings (SSSR count). The Bertz CT molecular complexity index is 800. The monoisotopic (exact) mass is 382 g/mol. The zero-order valence-electron chi connectivity index (χ0n) is 15.8. The molecule has 0 saturated heterocycles. The summed E-state index contributed by atoms with van der Waals surface area (Å²) in [6.07, 6.45) is 3.69. The molecule has 6 nitrogen and oxygen atoms in total. The maximum absolute atomic E-state index is 12.0. The van der Waals surface area contributed by atoms with Crippen LogP contribution in [0, 0.1) is 0 Å². The van der Waals surface area contributed by atoms with Gasteiger partial charge >= 0.3 is 0 Å². The number of aryl methyl sites for hydroxylation is 1. The summed E-state index contributed by atoms with van der Waals surface area (Å²) in [6, 6.07) is 14.9. The second-order valence-corrected chi connectivity index (χ2v) is 7.00. The molecular weight excluding hydrogens is 356 g/mol. The van der Waals surface area contributed by atoms with Crippen molar-refractivity contribution in [1.82, 2.24) is 10.6 Å². The van der Waals surface area contributed by atoms with E-state index >= 15 is 0 Å². The van der Waals surface area contributed by atoms with E-state index in [2.05, 4.69) is 10.6 Å². The van der Waals surface area contributed by atoms with Crippen LogP contribution in [0.4, 0.5) is 0 Å². The van der Waals surface area contributed by atoms with Gasteiger partial charge in [0, 0.05) is 19.0 Å². The van der Waals surface area contributed by atoms with Crippen molar-refractivity contribution in [3.05, 3.63) is 59.7 Å². The summed E-state index contributed by atoms with van der Waals surface area (Å²) >= 11 is 0. The van der Waals surface area contributed by atoms with Gasteiger partial charge in [0.1, 0.15) is 11.5 Å². The van der Waals surface area contributed by atoms with Gasteiger partial charge in [-0.1, -0.05) is 30.3 Å². The van der Waals surface area contributed by atoms with Gasteiger partial charge in [-0.3, -0.25) is 9.59 Å². The lowest BCUT2D eigenvalue weighted by atomic mass is 10.1. The first-order valence-corrected chi connectivity index (χ1v) is 9.65. The molecule has 0 atom stereocenters. The average molecular weight is 382 g/mol. The molecule has 6 heteroatoms. The summed E-state index contributed by atoms with van der Waals surface area (Å²) in [5, 5.41) is 15.5. The number of rotatable bonds is 10. The standard InChI is InChI=1S/C22H26N2O4/c25-20-4-2-1-3-17(20)7-12-21(26)23-14-13-16-5-10-19(11-6-16)28-15-22(27)24-18-8-9-18/h1-6,10-11,18,25H,7-9,12-15H2,(H,23,26)(H,24,27). The molecule has 28 heavy (non-hydrogen) atoms. The molecular formula is C22H26N2O4. The van der Waals surface area contributed by atoms with Crippen LogP contribution in [0.1, 0.15) is 30.4 Å². The molecule has 0 unspecified atom stereocenters. The van der Waals surface area contributed by atoms with E-state index in [4.69, 9.17) is 4.74 Å². The van der Waals surface area contributed by atoms with Crippen molar-refractivity contribution in [3.63, 3.8) is 0 Å². The van der Waals surface area contributed by atoms with Crippen molar-refractivity contribution in [2.24, 2.45) is 0 Å². The highest BCUT2D eigenvalue weighted by Gasteiger charge is 2.23. The van der Waals surface area contributed by atoms with E-state index in [1.165, 1.54) is 0 Å². The molecule has 1 aliphatic carbocycles. The molecule has 0 heterocycles. The van der Waals surface area contributed by atoms with Crippen LogP contribution >= 0.6 is 0 Å². The van der Waals surface area contributed by atoms with Crippen LogP contribution in [0.5, 0.6) is 11.5 Å². The molecule has 1 aliphatic rings. The Hall–Kier alpha value is -3.02. The molecule has 0 aliphatic heterocycles. The van der Waals surface area contributed by atoms with E-state index in [0.29, 0.717) is 37.6 Å². The minimum absolute atomic E-state index is 0.0306. The topological polar surface area (TPSA) is 87.7 Å². The molecule has 1 fully saturated rings. The van der Waals surface area contributed by atoms with Crippen LogP contribution in [-0.4, -0.2) is 36.1 Å². The number of nitrogens with one attached hydrogen (secondary N) is 2. The predicted octanol–water partition coefficient (Wildman–Crippen LogP) is 2.34. The van der Waals surface area contributed by atoms with Crippen LogP contribution in [0.2, 0.25) is 0 Å². The zero-order chi connectivity index (χ0) is 19.8. The molecule has 0 spiro atoms. The number of aromatic hydroxyl groups is 1. The molecule has 0 radical (unpaired) electrons. The summed E-state index contributed by atoms with van der Waals surface area (Å²) in [5.41, 5.74) is 1.86. The molecule has 1 saturated carbocycles. The fraction of sp³-hybridized carbons (Fsp3) is 0.364. The van der Waals surface area contributed by atoms with E-state index in [-0.39, 0.29) is 24.2 Å². The van der Waals surface area contributed by atoms with E-state index in [1.54, 1.807) is 12.1 Å². The van der Waals surface area contributed by atoms with Gasteiger partial charge in [0.15, 0.2) is 6.61 Å². The van der Waals surface area contributed by atoms with Crippen molar-refractivity contribution in [2.75, 3.05) is 13.2 Å². The molecule has 0 aromatic heterocycles. The lowest BCUT2D eigenvalue weighted by molar-refractivity contribution is -0.123. The second kappa shape index (κ2) is 9.78. The van der Waals surface area contributed by atoms with Crippen LogP contribution in [0.25, 0.3) is 0 Å². The highest BCUT2D eigenvalue weighted by atomic mass is 16.5. The average Bonchev–Trinajstić information content (AvgIpc) is 3.51. The Morgan fingerprint density at radius 3 is 2.46 bits per heavy atom. The predicted molar refractivity (Wildman–Crippen MR) is 106 cm³/mol. The van der Waals surface area contributed by atoms with E-state index in [9.17, 15) is 14.7 Å². The molecule has 2 aromatic rings. The first-order valence-electron chi connectivity index (χ1n) is 9.65. The van der Waals surface area contributed by atoms with Crippen molar-refractivity contribution >= 4 is 11.8 Å². The summed E-state index contributed by atoms with van der Waals surface area (Å²) in [5.74, 6) is 0.757. The van der Waals surface area contributed by atoms with Crippen LogP contribution in [0.15, 0.2) is 48.5 Å². The maximum atomic E-state index is 12.0. The van der Waals surface area contributed by atoms with Gasteiger partial charge in [0.2, 0.25) is 5.91 Å². The van der Waals surface area contributed by atoms with Gasteiger partial charge in [-0.15, -0.1) is 0 Å². The molecule has 148 valence electrons. The van der Waals surface area contributed by atoms with E-state index in [0.717, 1.165) is 24.0 Å². The van der Waals surface area contributed by atoms with Crippen molar-refractivity contribution < 1.29 is 19.4 Å². The largest absolute Gasteiger partial charge is 0.508 e. The first kappa shape index (κ1) is 19.7. The van der Waals surface area contributed by atoms with Crippen LogP contribution in [0.3, 0.4) is 0 Å². The van der Waals surface area contributed by atoms with Gasteiger partial charge in [-0.25, -0.2) is 0 Å². The lowest BCUT2D eigenvalue weighted by Gasteiger charge is -2.09. The number of phenols is 1. The number of ether oxygens (including phenoxy) is 1. The Labute approximate surface area is 164 Å². The first-order chi connectivity index (χ1) is 13.6. The fourth-order valence-corrected chi connectivity index (χ4v) is 2.80. The zero-order valence-corrected chi connectivity index (χ0v) is 15.8. The van der Waals surface area contributed by atoms with Crippen molar-refractivity contribution in [1.29, 1.82) is 0 Å². The van der Waals surface area contributed by atoms with Crippen molar-refractivity contribution in [3.8, 4) is 11.5 Å². The number of amides is 2. The Balaban J connectivity index is 1.32. The molecule has 2 amide bonds. The summed E-state index contributed by atoms with van der Waals surface area (Å²) < 4.78 is 5.48. The quantitative estimate of drug-likeness (QED) is 0.589. The van der Waals surface area contributed by atoms with E-state index in [1.807, 2.05) is 36.4 Å². The van der Waals surface area contributed by atoms with Crippen molar-refractivity contribution in [2.45, 2.75) is 38.1 Å². The van der Waals surface area contributed by atoms with Gasteiger partial charge in [-0.05, 0) is 55.0 Å².